The van der Waals surface area contributed by atoms with Gasteiger partial charge in [-0.2, -0.15) is 0 Å². The Morgan fingerprint density at radius 2 is 1.95 bits per heavy atom. The van der Waals surface area contributed by atoms with Crippen LogP contribution in [0.15, 0.2) is 30.3 Å². The normalized spacial score (nSPS) is 12.4. The molecule has 0 aliphatic carbocycles. The molecular weight excluding hydrogens is 236 g/mol. The number of hydrogen-bond donors (Lipinski definition) is 2. The fourth-order valence-corrected chi connectivity index (χ4v) is 2.13. The highest BCUT2D eigenvalue weighted by molar-refractivity contribution is 5.76. The summed E-state index contributed by atoms with van der Waals surface area (Å²) in [5.74, 6) is 0.574. The summed E-state index contributed by atoms with van der Waals surface area (Å²) in [6, 6.07) is 10.5. The molecule has 0 aliphatic rings. The summed E-state index contributed by atoms with van der Waals surface area (Å²) >= 11 is 0. The third-order valence-electron chi connectivity index (χ3n) is 3.34. The lowest BCUT2D eigenvalue weighted by Crippen LogP contribution is -2.39. The van der Waals surface area contributed by atoms with Gasteiger partial charge in [-0.25, -0.2) is 0 Å². The van der Waals surface area contributed by atoms with E-state index in [-0.39, 0.29) is 11.9 Å². The first-order valence-corrected chi connectivity index (χ1v) is 7.17. The maximum Gasteiger partial charge on any atom is 0.220 e. The Bertz CT molecular complexity index is 362. The molecule has 1 atom stereocenters. The van der Waals surface area contributed by atoms with Gasteiger partial charge >= 0.3 is 0 Å². The average Bonchev–Trinajstić information content (AvgIpc) is 2.39. The maximum atomic E-state index is 11.9. The van der Waals surface area contributed by atoms with Crippen LogP contribution in [0.4, 0.5) is 0 Å². The lowest BCUT2D eigenvalue weighted by molar-refractivity contribution is -0.122. The number of amides is 1. The summed E-state index contributed by atoms with van der Waals surface area (Å²) in [5, 5.41) is 3.08. The van der Waals surface area contributed by atoms with Crippen LogP contribution in [0.2, 0.25) is 0 Å². The van der Waals surface area contributed by atoms with Crippen molar-refractivity contribution in [3.8, 4) is 0 Å². The summed E-state index contributed by atoms with van der Waals surface area (Å²) < 4.78 is 0. The minimum Gasteiger partial charge on any atom is -0.353 e. The lowest BCUT2D eigenvalue weighted by atomic mass is 10.0. The average molecular weight is 262 g/mol. The maximum absolute atomic E-state index is 11.9. The highest BCUT2D eigenvalue weighted by Crippen LogP contribution is 2.07. The monoisotopic (exact) mass is 262 g/mol. The second kappa shape index (κ2) is 8.70. The summed E-state index contributed by atoms with van der Waals surface area (Å²) in [6.45, 7) is 4.85. The predicted octanol–water partition coefficient (Wildman–Crippen LogP) is 2.50. The molecule has 0 aliphatic heterocycles. The number of carbonyl (C=O) groups is 1. The fraction of sp³-hybridized carbons (Fsp3) is 0.562. The SMILES string of the molecule is CC(C)C(CCN)NC(=O)CCCc1ccccc1. The molecule has 3 nitrogen and oxygen atoms in total. The van der Waals surface area contributed by atoms with Crippen molar-refractivity contribution in [1.29, 1.82) is 0 Å². The summed E-state index contributed by atoms with van der Waals surface area (Å²) in [6.07, 6.45) is 3.28. The van der Waals surface area contributed by atoms with Gasteiger partial charge in [-0.3, -0.25) is 4.79 Å². The molecule has 1 aromatic rings. The van der Waals surface area contributed by atoms with Gasteiger partial charge in [-0.05, 0) is 37.3 Å². The third kappa shape index (κ3) is 6.39. The molecule has 1 rings (SSSR count). The number of rotatable bonds is 8. The van der Waals surface area contributed by atoms with Crippen LogP contribution in [-0.2, 0) is 11.2 Å². The number of carbonyl (C=O) groups excluding carboxylic acids is 1. The zero-order valence-electron chi connectivity index (χ0n) is 12.1. The van der Waals surface area contributed by atoms with E-state index in [0.29, 0.717) is 18.9 Å². The van der Waals surface area contributed by atoms with Gasteiger partial charge in [0.05, 0.1) is 0 Å². The number of benzene rings is 1. The zero-order chi connectivity index (χ0) is 14.1. The topological polar surface area (TPSA) is 55.1 Å². The molecule has 0 aromatic heterocycles. The van der Waals surface area contributed by atoms with Crippen molar-refractivity contribution in [3.63, 3.8) is 0 Å². The van der Waals surface area contributed by atoms with Crippen molar-refractivity contribution < 1.29 is 4.79 Å². The van der Waals surface area contributed by atoms with Crippen molar-refractivity contribution >= 4 is 5.91 Å². The molecule has 1 amide bonds. The van der Waals surface area contributed by atoms with E-state index in [9.17, 15) is 4.79 Å². The van der Waals surface area contributed by atoms with E-state index in [0.717, 1.165) is 19.3 Å². The molecule has 19 heavy (non-hydrogen) atoms. The molecule has 0 spiro atoms. The number of hydrogen-bond acceptors (Lipinski definition) is 2. The first kappa shape index (κ1) is 15.7. The highest BCUT2D eigenvalue weighted by atomic mass is 16.1. The van der Waals surface area contributed by atoms with Crippen LogP contribution in [0.3, 0.4) is 0 Å². The van der Waals surface area contributed by atoms with Crippen molar-refractivity contribution in [3.05, 3.63) is 35.9 Å². The van der Waals surface area contributed by atoms with E-state index >= 15 is 0 Å². The Morgan fingerprint density at radius 3 is 2.53 bits per heavy atom. The number of nitrogens with one attached hydrogen (secondary N) is 1. The van der Waals surface area contributed by atoms with Gasteiger partial charge in [0.25, 0.3) is 0 Å². The molecule has 0 saturated carbocycles. The molecule has 0 bridgehead atoms. The van der Waals surface area contributed by atoms with Gasteiger partial charge in [-0.15, -0.1) is 0 Å². The van der Waals surface area contributed by atoms with Crippen LogP contribution in [0, 0.1) is 5.92 Å². The Balaban J connectivity index is 2.27. The second-order valence-electron chi connectivity index (χ2n) is 5.33. The number of nitrogens with two attached hydrogens (primary N) is 1. The quantitative estimate of drug-likeness (QED) is 0.756. The van der Waals surface area contributed by atoms with Gasteiger partial charge in [0.1, 0.15) is 0 Å². The van der Waals surface area contributed by atoms with Crippen LogP contribution in [-0.4, -0.2) is 18.5 Å². The zero-order valence-corrected chi connectivity index (χ0v) is 12.1. The van der Waals surface area contributed by atoms with Gasteiger partial charge in [0.2, 0.25) is 5.91 Å². The van der Waals surface area contributed by atoms with E-state index in [1.165, 1.54) is 5.56 Å². The van der Waals surface area contributed by atoms with Crippen molar-refractivity contribution in [2.45, 2.75) is 45.6 Å². The molecule has 3 heteroatoms. The summed E-state index contributed by atoms with van der Waals surface area (Å²) in [5.41, 5.74) is 6.86. The molecule has 0 heterocycles. The van der Waals surface area contributed by atoms with Gasteiger partial charge < -0.3 is 11.1 Å². The lowest BCUT2D eigenvalue weighted by Gasteiger charge is -2.21. The molecule has 0 fully saturated rings. The Labute approximate surface area is 116 Å². The Kier molecular flexibility index (Phi) is 7.19. The fourth-order valence-electron chi connectivity index (χ4n) is 2.13. The summed E-state index contributed by atoms with van der Waals surface area (Å²) in [7, 11) is 0. The van der Waals surface area contributed by atoms with E-state index in [4.69, 9.17) is 5.73 Å². The van der Waals surface area contributed by atoms with E-state index in [1.54, 1.807) is 0 Å². The third-order valence-corrected chi connectivity index (χ3v) is 3.34. The molecule has 3 N–H and O–H groups in total. The van der Waals surface area contributed by atoms with Crippen molar-refractivity contribution in [1.82, 2.24) is 5.32 Å². The molecule has 106 valence electrons. The number of aryl methyl sites for hydroxylation is 1. The van der Waals surface area contributed by atoms with Gasteiger partial charge in [0.15, 0.2) is 0 Å². The van der Waals surface area contributed by atoms with Crippen LogP contribution >= 0.6 is 0 Å². The van der Waals surface area contributed by atoms with Gasteiger partial charge in [-0.1, -0.05) is 44.2 Å². The first-order chi connectivity index (χ1) is 9.13. The second-order valence-corrected chi connectivity index (χ2v) is 5.33. The molecule has 0 saturated heterocycles. The largest absolute Gasteiger partial charge is 0.353 e. The molecule has 0 radical (unpaired) electrons. The Hall–Kier alpha value is -1.35. The summed E-state index contributed by atoms with van der Waals surface area (Å²) in [4.78, 5) is 11.9. The van der Waals surface area contributed by atoms with Crippen LogP contribution in [0.5, 0.6) is 0 Å². The minimum atomic E-state index is 0.142. The van der Waals surface area contributed by atoms with Crippen molar-refractivity contribution in [2.75, 3.05) is 6.54 Å². The van der Waals surface area contributed by atoms with E-state index < -0.39 is 0 Å². The standard InChI is InChI=1S/C16H26N2O/c1-13(2)15(11-12-17)18-16(19)10-6-9-14-7-4-3-5-8-14/h3-5,7-8,13,15H,6,9-12,17H2,1-2H3,(H,18,19). The molecular formula is C16H26N2O. The Morgan fingerprint density at radius 1 is 1.26 bits per heavy atom. The minimum absolute atomic E-state index is 0.142. The van der Waals surface area contributed by atoms with Crippen LogP contribution in [0.25, 0.3) is 0 Å². The van der Waals surface area contributed by atoms with Gasteiger partial charge in [0, 0.05) is 12.5 Å². The molecule has 1 aromatic carbocycles. The smallest absolute Gasteiger partial charge is 0.220 e. The van der Waals surface area contributed by atoms with Crippen molar-refractivity contribution in [2.24, 2.45) is 11.7 Å². The van der Waals surface area contributed by atoms with Crippen LogP contribution < -0.4 is 11.1 Å². The first-order valence-electron chi connectivity index (χ1n) is 7.17. The highest BCUT2D eigenvalue weighted by Gasteiger charge is 2.14. The van der Waals surface area contributed by atoms with E-state index in [2.05, 4.69) is 31.3 Å². The van der Waals surface area contributed by atoms with Crippen LogP contribution in [0.1, 0.15) is 38.7 Å². The predicted molar refractivity (Wildman–Crippen MR) is 79.8 cm³/mol. The molecule has 1 unspecified atom stereocenters. The van der Waals surface area contributed by atoms with E-state index in [1.807, 2.05) is 18.2 Å².